The lowest BCUT2D eigenvalue weighted by molar-refractivity contribution is -0.143. The van der Waals surface area contributed by atoms with Gasteiger partial charge in [-0.05, 0) is 134 Å². The van der Waals surface area contributed by atoms with Crippen molar-refractivity contribution >= 4 is 41.4 Å². The summed E-state index contributed by atoms with van der Waals surface area (Å²) in [5.41, 5.74) is 4.65. The van der Waals surface area contributed by atoms with E-state index in [9.17, 15) is 33.6 Å². The zero-order chi connectivity index (χ0) is 45.8. The smallest absolute Gasteiger partial charge is 0.246 e. The lowest BCUT2D eigenvalue weighted by atomic mass is 9.87. The van der Waals surface area contributed by atoms with Crippen molar-refractivity contribution in [2.24, 2.45) is 0 Å². The van der Waals surface area contributed by atoms with Crippen molar-refractivity contribution < 1.29 is 33.6 Å². The predicted molar refractivity (Wildman–Crippen MR) is 242 cm³/mol. The summed E-state index contributed by atoms with van der Waals surface area (Å²) in [6, 6.07) is 11.3. The Kier molecular flexibility index (Phi) is 17.3. The van der Waals surface area contributed by atoms with E-state index in [1.54, 1.807) is 32.8 Å². The summed E-state index contributed by atoms with van der Waals surface area (Å²) < 4.78 is 0. The number of likely N-dealkylation sites (tertiary alicyclic amines) is 2. The van der Waals surface area contributed by atoms with Gasteiger partial charge in [0.05, 0.1) is 30.6 Å². The molecule has 2 aromatic carbocycles. The minimum absolute atomic E-state index is 0.118. The number of hydrogen-bond donors (Lipinski definition) is 7. The van der Waals surface area contributed by atoms with Crippen LogP contribution < -0.4 is 37.2 Å². The summed E-state index contributed by atoms with van der Waals surface area (Å²) in [6.07, 6.45) is 8.64. The molecule has 2 aliphatic carbocycles. The number of unbranched alkanes of at least 4 members (excludes halogenated alkanes) is 1. The highest BCUT2D eigenvalue weighted by Gasteiger charge is 2.41. The summed E-state index contributed by atoms with van der Waals surface area (Å²) in [6.45, 7) is 4.31. The van der Waals surface area contributed by atoms with Crippen molar-refractivity contribution in [2.45, 2.75) is 152 Å². The highest BCUT2D eigenvalue weighted by molar-refractivity contribution is 5.96. The fourth-order valence-corrected chi connectivity index (χ4v) is 9.62. The lowest BCUT2D eigenvalue weighted by Crippen LogP contribution is -2.56. The van der Waals surface area contributed by atoms with Gasteiger partial charge in [0.1, 0.15) is 24.2 Å². The van der Waals surface area contributed by atoms with Crippen LogP contribution in [-0.4, -0.2) is 121 Å². The Hall–Kier alpha value is -5.35. The molecule has 7 N–H and O–H groups in total. The number of aryl methyl sites for hydroxylation is 2. The molecule has 2 aliphatic heterocycles. The molecule has 2 fully saturated rings. The number of carbonyl (C=O) groups is 7. The van der Waals surface area contributed by atoms with Crippen molar-refractivity contribution in [1.82, 2.24) is 47.0 Å². The molecule has 0 saturated carbocycles. The Bertz CT molecular complexity index is 2000. The quantitative estimate of drug-likeness (QED) is 0.103. The van der Waals surface area contributed by atoms with E-state index in [4.69, 9.17) is 0 Å². The van der Waals surface area contributed by atoms with E-state index in [1.165, 1.54) is 16.0 Å². The Morgan fingerprint density at radius 2 is 1.08 bits per heavy atom. The molecule has 16 heteroatoms. The first kappa shape index (κ1) is 48.1. The minimum atomic E-state index is -1.20. The van der Waals surface area contributed by atoms with Crippen LogP contribution in [-0.2, 0) is 46.4 Å². The molecule has 6 rings (SSSR count). The molecule has 2 heterocycles. The predicted octanol–water partition coefficient (Wildman–Crippen LogP) is 2.22. The van der Waals surface area contributed by atoms with Crippen molar-refractivity contribution in [1.29, 1.82) is 0 Å². The number of rotatable bonds is 19. The van der Waals surface area contributed by atoms with Gasteiger partial charge in [0.25, 0.3) is 0 Å². The molecular formula is C48H69N9O7. The first-order chi connectivity index (χ1) is 30.9. The molecule has 0 bridgehead atoms. The van der Waals surface area contributed by atoms with Crippen LogP contribution in [0.5, 0.6) is 0 Å². The molecule has 348 valence electrons. The molecular weight excluding hydrogens is 815 g/mol. The number of amides is 7. The zero-order valence-electron chi connectivity index (χ0n) is 38.0. The zero-order valence-corrected chi connectivity index (χ0v) is 38.0. The van der Waals surface area contributed by atoms with Crippen molar-refractivity contribution in [3.05, 3.63) is 70.8 Å². The average molecular weight is 884 g/mol. The number of nitrogens with zero attached hydrogens (tertiary/aromatic N) is 2. The lowest BCUT2D eigenvalue weighted by Gasteiger charge is -2.32. The van der Waals surface area contributed by atoms with Gasteiger partial charge in [-0.15, -0.1) is 0 Å². The van der Waals surface area contributed by atoms with Gasteiger partial charge >= 0.3 is 0 Å². The Labute approximate surface area is 377 Å². The maximum absolute atomic E-state index is 14.2. The van der Waals surface area contributed by atoms with Crippen LogP contribution in [0.2, 0.25) is 0 Å². The van der Waals surface area contributed by atoms with Gasteiger partial charge < -0.3 is 47.0 Å². The van der Waals surface area contributed by atoms with E-state index in [0.717, 1.165) is 49.7 Å². The first-order valence-electron chi connectivity index (χ1n) is 23.5. The second-order valence-electron chi connectivity index (χ2n) is 17.9. The molecule has 16 nitrogen and oxygen atoms in total. The van der Waals surface area contributed by atoms with E-state index in [1.807, 2.05) is 30.3 Å². The van der Waals surface area contributed by atoms with E-state index in [2.05, 4.69) is 55.4 Å². The summed E-state index contributed by atoms with van der Waals surface area (Å²) in [4.78, 5) is 98.5. The second-order valence-corrected chi connectivity index (χ2v) is 17.9. The normalized spacial score (nSPS) is 22.2. The van der Waals surface area contributed by atoms with Gasteiger partial charge in [-0.25, -0.2) is 0 Å². The Balaban J connectivity index is 1.04. The highest BCUT2D eigenvalue weighted by atomic mass is 16.2. The van der Waals surface area contributed by atoms with E-state index < -0.39 is 54.0 Å². The van der Waals surface area contributed by atoms with Crippen LogP contribution in [0.25, 0.3) is 0 Å². The van der Waals surface area contributed by atoms with Crippen LogP contribution in [0.1, 0.15) is 125 Å². The third kappa shape index (κ3) is 12.1. The summed E-state index contributed by atoms with van der Waals surface area (Å²) in [5, 5.41) is 20.7. The van der Waals surface area contributed by atoms with Gasteiger partial charge in [0.15, 0.2) is 0 Å². The molecule has 8 unspecified atom stereocenters. The molecule has 0 aromatic heterocycles. The fourth-order valence-electron chi connectivity index (χ4n) is 9.62. The van der Waals surface area contributed by atoms with Crippen LogP contribution in [0, 0.1) is 0 Å². The van der Waals surface area contributed by atoms with Gasteiger partial charge in [-0.2, -0.15) is 0 Å². The van der Waals surface area contributed by atoms with Crippen LogP contribution in [0.4, 0.5) is 0 Å². The summed E-state index contributed by atoms with van der Waals surface area (Å²) >= 11 is 0. The number of fused-ring (bicyclic) bond motifs is 2. The topological polar surface area (TPSA) is 210 Å². The average Bonchev–Trinajstić information content (AvgIpc) is 4.02. The maximum Gasteiger partial charge on any atom is 0.246 e. The second kappa shape index (κ2) is 23.0. The third-order valence-corrected chi connectivity index (χ3v) is 13.6. The first-order valence-corrected chi connectivity index (χ1v) is 23.5. The number of benzene rings is 2. The Morgan fingerprint density at radius 1 is 0.609 bits per heavy atom. The fraction of sp³-hybridized carbons (Fsp3) is 0.604. The molecule has 2 saturated heterocycles. The number of nitrogens with one attached hydrogen (secondary N) is 7. The number of carbonyl (C=O) groups excluding carboxylic acids is 7. The number of likely N-dealkylation sites (N-methyl/N-ethyl adjacent to an activating group) is 2. The molecule has 4 aliphatic rings. The standard InChI is InChI=1S/C48H69N9O7/c1-30(49-3)43(59)54-38(47(63)56-27-13-24-40(56)45(61)52-36-22-11-17-32-15-5-7-19-34(32)36)21-9-10-26-51-42(58)29-39(55-44(60)31(2)50-4)48(64)57-28-14-25-41(57)46(62)53-37-23-12-18-33-16-6-8-20-35(33)37/h5-8,15-16,19-20,30-31,36-41,49-50H,9-14,17-18,21-29H2,1-4H3,(H,51,58)(H,52,61)(H,53,62)(H,54,59)(H,55,60). The largest absolute Gasteiger partial charge is 0.356 e. The van der Waals surface area contributed by atoms with Gasteiger partial charge in [-0.1, -0.05) is 48.5 Å². The summed E-state index contributed by atoms with van der Waals surface area (Å²) in [5.74, 6) is -2.47. The van der Waals surface area contributed by atoms with Crippen molar-refractivity contribution in [2.75, 3.05) is 33.7 Å². The van der Waals surface area contributed by atoms with E-state index in [0.29, 0.717) is 51.6 Å². The van der Waals surface area contributed by atoms with E-state index in [-0.39, 0.29) is 55.1 Å². The minimum Gasteiger partial charge on any atom is -0.356 e. The maximum atomic E-state index is 14.2. The molecule has 0 radical (unpaired) electrons. The van der Waals surface area contributed by atoms with Gasteiger partial charge in [0.2, 0.25) is 41.4 Å². The van der Waals surface area contributed by atoms with Crippen LogP contribution in [0.3, 0.4) is 0 Å². The molecule has 0 spiro atoms. The van der Waals surface area contributed by atoms with Gasteiger partial charge in [0, 0.05) is 19.6 Å². The van der Waals surface area contributed by atoms with Crippen LogP contribution in [0.15, 0.2) is 48.5 Å². The SMILES string of the molecule is CNC(C)C(=O)NC(CCCCNC(=O)CC(NC(=O)C(C)NC)C(=O)N1CCCC1C(=O)NC1CCCc2ccccc21)C(=O)N1CCCC1C(=O)NC1CCCc2ccccc21. The monoisotopic (exact) mass is 884 g/mol. The van der Waals surface area contributed by atoms with Crippen molar-refractivity contribution in [3.8, 4) is 0 Å². The highest BCUT2D eigenvalue weighted by Crippen LogP contribution is 2.32. The summed E-state index contributed by atoms with van der Waals surface area (Å²) in [7, 11) is 3.29. The number of hydrogen-bond acceptors (Lipinski definition) is 9. The van der Waals surface area contributed by atoms with E-state index >= 15 is 0 Å². The van der Waals surface area contributed by atoms with Gasteiger partial charge in [-0.3, -0.25) is 33.6 Å². The molecule has 2 aromatic rings. The van der Waals surface area contributed by atoms with Crippen molar-refractivity contribution in [3.63, 3.8) is 0 Å². The molecule has 8 atom stereocenters. The Morgan fingerprint density at radius 3 is 1.58 bits per heavy atom. The molecule has 7 amide bonds. The van der Waals surface area contributed by atoms with Crippen LogP contribution >= 0.6 is 0 Å². The third-order valence-electron chi connectivity index (χ3n) is 13.6. The molecule has 64 heavy (non-hydrogen) atoms.